The monoisotopic (exact) mass is 286 g/mol. The number of hydrogen-bond acceptors (Lipinski definition) is 2. The van der Waals surface area contributed by atoms with E-state index in [0.717, 1.165) is 37.9 Å². The molecule has 2 aliphatic rings. The smallest absolute Gasteiger partial charge is 0.220 e. The van der Waals surface area contributed by atoms with Gasteiger partial charge in [-0.2, -0.15) is 0 Å². The minimum atomic E-state index is -0.109. The lowest BCUT2D eigenvalue weighted by atomic mass is 9.80. The van der Waals surface area contributed by atoms with Crippen LogP contribution in [0, 0.1) is 5.92 Å². The number of primary amides is 1. The van der Waals surface area contributed by atoms with E-state index in [9.17, 15) is 4.79 Å². The van der Waals surface area contributed by atoms with E-state index in [1.807, 2.05) is 0 Å². The van der Waals surface area contributed by atoms with Crippen LogP contribution in [0.2, 0.25) is 0 Å². The van der Waals surface area contributed by atoms with E-state index in [1.54, 1.807) is 0 Å². The molecule has 0 spiro atoms. The predicted molar refractivity (Wildman–Crippen MR) is 84.9 cm³/mol. The Morgan fingerprint density at radius 2 is 1.57 bits per heavy atom. The van der Waals surface area contributed by atoms with Gasteiger partial charge < -0.3 is 10.6 Å². The molecule has 0 atom stereocenters. The van der Waals surface area contributed by atoms with Crippen LogP contribution < -0.4 is 5.73 Å². The van der Waals surface area contributed by atoms with Crippen molar-refractivity contribution in [1.82, 2.24) is 4.90 Å². The first-order valence-electron chi connectivity index (χ1n) is 8.32. The van der Waals surface area contributed by atoms with E-state index in [2.05, 4.69) is 35.2 Å². The first-order valence-corrected chi connectivity index (χ1v) is 8.32. The Morgan fingerprint density at radius 1 is 0.952 bits per heavy atom. The van der Waals surface area contributed by atoms with Gasteiger partial charge in [0.15, 0.2) is 0 Å². The Morgan fingerprint density at radius 3 is 2.14 bits per heavy atom. The highest BCUT2D eigenvalue weighted by atomic mass is 16.1. The molecule has 21 heavy (non-hydrogen) atoms. The number of benzene rings is 1. The van der Waals surface area contributed by atoms with Gasteiger partial charge in [0.05, 0.1) is 0 Å². The molecule has 3 heteroatoms. The number of carbonyl (C=O) groups excluding carboxylic acids is 1. The second-order valence-corrected chi connectivity index (χ2v) is 6.63. The van der Waals surface area contributed by atoms with Crippen molar-refractivity contribution in [1.29, 1.82) is 0 Å². The lowest BCUT2D eigenvalue weighted by Gasteiger charge is -2.40. The summed E-state index contributed by atoms with van der Waals surface area (Å²) in [4.78, 5) is 13.8. The molecule has 0 unspecified atom stereocenters. The Balaban J connectivity index is 1.49. The molecule has 1 saturated heterocycles. The summed E-state index contributed by atoms with van der Waals surface area (Å²) in [5, 5.41) is 0. The first-order chi connectivity index (χ1) is 10.2. The molecule has 0 bridgehead atoms. The second-order valence-electron chi connectivity index (χ2n) is 6.63. The molecule has 1 heterocycles. The maximum atomic E-state index is 11.2. The zero-order chi connectivity index (χ0) is 14.7. The van der Waals surface area contributed by atoms with E-state index in [0.29, 0.717) is 0 Å². The van der Waals surface area contributed by atoms with E-state index >= 15 is 0 Å². The topological polar surface area (TPSA) is 46.3 Å². The van der Waals surface area contributed by atoms with Crippen LogP contribution in [0.25, 0.3) is 0 Å². The summed E-state index contributed by atoms with van der Waals surface area (Å²) < 4.78 is 0. The SMILES string of the molecule is NC(=O)C1CCN(C2CCC(c3ccccc3)CC2)CC1. The standard InChI is InChI=1S/C18H26N2O/c19-18(21)16-10-12-20(13-11-16)17-8-6-15(7-9-17)14-4-2-1-3-5-14/h1-5,15-17H,6-13H2,(H2,19,21). The highest BCUT2D eigenvalue weighted by Gasteiger charge is 2.30. The molecule has 2 N–H and O–H groups in total. The summed E-state index contributed by atoms with van der Waals surface area (Å²) in [5.74, 6) is 0.745. The van der Waals surface area contributed by atoms with E-state index < -0.39 is 0 Å². The van der Waals surface area contributed by atoms with Crippen molar-refractivity contribution in [2.45, 2.75) is 50.5 Å². The van der Waals surface area contributed by atoms with Crippen molar-refractivity contribution in [2.24, 2.45) is 11.7 Å². The van der Waals surface area contributed by atoms with Gasteiger partial charge in [-0.1, -0.05) is 30.3 Å². The number of hydrogen-bond donors (Lipinski definition) is 1. The third-order valence-electron chi connectivity index (χ3n) is 5.42. The number of likely N-dealkylation sites (tertiary alicyclic amines) is 1. The third kappa shape index (κ3) is 3.46. The van der Waals surface area contributed by atoms with Gasteiger partial charge in [0.25, 0.3) is 0 Å². The second kappa shape index (κ2) is 6.61. The minimum Gasteiger partial charge on any atom is -0.369 e. The molecule has 1 aliphatic heterocycles. The zero-order valence-electron chi connectivity index (χ0n) is 12.7. The number of rotatable bonds is 3. The van der Waals surface area contributed by atoms with E-state index in [-0.39, 0.29) is 11.8 Å². The molecule has 3 nitrogen and oxygen atoms in total. The van der Waals surface area contributed by atoms with Crippen LogP contribution >= 0.6 is 0 Å². The maximum Gasteiger partial charge on any atom is 0.220 e. The molecule has 1 aliphatic carbocycles. The van der Waals surface area contributed by atoms with Crippen LogP contribution in [-0.4, -0.2) is 29.9 Å². The summed E-state index contributed by atoms with van der Waals surface area (Å²) in [5.41, 5.74) is 6.92. The van der Waals surface area contributed by atoms with Crippen molar-refractivity contribution in [3.63, 3.8) is 0 Å². The average Bonchev–Trinajstić information content (AvgIpc) is 2.56. The van der Waals surface area contributed by atoms with Crippen LogP contribution in [0.4, 0.5) is 0 Å². The summed E-state index contributed by atoms with van der Waals surface area (Å²) >= 11 is 0. The van der Waals surface area contributed by atoms with Gasteiger partial charge in [0, 0.05) is 12.0 Å². The van der Waals surface area contributed by atoms with Crippen molar-refractivity contribution in [3.8, 4) is 0 Å². The molecule has 1 aromatic carbocycles. The Hall–Kier alpha value is -1.35. The van der Waals surface area contributed by atoms with Crippen LogP contribution in [-0.2, 0) is 4.79 Å². The third-order valence-corrected chi connectivity index (χ3v) is 5.42. The number of nitrogens with two attached hydrogens (primary N) is 1. The summed E-state index contributed by atoms with van der Waals surface area (Å²) in [7, 11) is 0. The average molecular weight is 286 g/mol. The number of carbonyl (C=O) groups is 1. The van der Waals surface area contributed by atoms with Gasteiger partial charge in [-0.25, -0.2) is 0 Å². The van der Waals surface area contributed by atoms with Crippen LogP contribution in [0.15, 0.2) is 30.3 Å². The molecule has 2 fully saturated rings. The lowest BCUT2D eigenvalue weighted by Crippen LogP contribution is -2.45. The molecule has 0 radical (unpaired) electrons. The Kier molecular flexibility index (Phi) is 4.59. The fraction of sp³-hybridized carbons (Fsp3) is 0.611. The van der Waals surface area contributed by atoms with Crippen molar-refractivity contribution in [3.05, 3.63) is 35.9 Å². The van der Waals surface area contributed by atoms with Crippen LogP contribution in [0.1, 0.15) is 50.0 Å². The van der Waals surface area contributed by atoms with Gasteiger partial charge in [-0.05, 0) is 63.1 Å². The largest absolute Gasteiger partial charge is 0.369 e. The number of nitrogens with zero attached hydrogens (tertiary/aromatic N) is 1. The number of amides is 1. The highest BCUT2D eigenvalue weighted by Crippen LogP contribution is 2.35. The first kappa shape index (κ1) is 14.6. The van der Waals surface area contributed by atoms with Gasteiger partial charge >= 0.3 is 0 Å². The summed E-state index contributed by atoms with van der Waals surface area (Å²) in [6, 6.07) is 11.6. The van der Waals surface area contributed by atoms with Crippen LogP contribution in [0.3, 0.4) is 0 Å². The summed E-state index contributed by atoms with van der Waals surface area (Å²) in [6.45, 7) is 2.10. The zero-order valence-corrected chi connectivity index (χ0v) is 12.7. The molecule has 1 amide bonds. The van der Waals surface area contributed by atoms with Gasteiger partial charge in [0.1, 0.15) is 0 Å². The van der Waals surface area contributed by atoms with Gasteiger partial charge in [-0.15, -0.1) is 0 Å². The molecular formula is C18H26N2O. The number of piperidine rings is 1. The molecular weight excluding hydrogens is 260 g/mol. The van der Waals surface area contributed by atoms with Crippen LogP contribution in [0.5, 0.6) is 0 Å². The maximum absolute atomic E-state index is 11.2. The molecule has 1 aromatic rings. The van der Waals surface area contributed by atoms with Gasteiger partial charge in [0.2, 0.25) is 5.91 Å². The molecule has 0 aromatic heterocycles. The lowest BCUT2D eigenvalue weighted by molar-refractivity contribution is -0.123. The van der Waals surface area contributed by atoms with Gasteiger partial charge in [-0.3, -0.25) is 4.79 Å². The van der Waals surface area contributed by atoms with Crippen molar-refractivity contribution < 1.29 is 4.79 Å². The quantitative estimate of drug-likeness (QED) is 0.928. The van der Waals surface area contributed by atoms with Crippen molar-refractivity contribution in [2.75, 3.05) is 13.1 Å². The molecule has 114 valence electrons. The molecule has 3 rings (SSSR count). The molecule has 1 saturated carbocycles. The Labute approximate surface area is 127 Å². The minimum absolute atomic E-state index is 0.109. The fourth-order valence-electron chi connectivity index (χ4n) is 4.05. The fourth-order valence-corrected chi connectivity index (χ4v) is 4.05. The Bertz CT molecular complexity index is 457. The van der Waals surface area contributed by atoms with E-state index in [4.69, 9.17) is 5.73 Å². The normalized spacial score (nSPS) is 28.4. The highest BCUT2D eigenvalue weighted by molar-refractivity contribution is 5.76. The van der Waals surface area contributed by atoms with E-state index in [1.165, 1.54) is 31.2 Å². The summed E-state index contributed by atoms with van der Waals surface area (Å²) in [6.07, 6.45) is 7.08. The predicted octanol–water partition coefficient (Wildman–Crippen LogP) is 2.91. The van der Waals surface area contributed by atoms with Crippen molar-refractivity contribution >= 4 is 5.91 Å².